The molecule has 3 aromatic carbocycles. The van der Waals surface area contributed by atoms with Gasteiger partial charge in [0.15, 0.2) is 5.16 Å². The first-order valence-corrected chi connectivity index (χ1v) is 12.6. The summed E-state index contributed by atoms with van der Waals surface area (Å²) in [5.74, 6) is 0.961. The average molecular weight is 475 g/mol. The maximum absolute atomic E-state index is 13.6. The molecule has 0 radical (unpaired) electrons. The third kappa shape index (κ3) is 4.62. The first-order chi connectivity index (χ1) is 16.2. The van der Waals surface area contributed by atoms with Gasteiger partial charge in [-0.05, 0) is 23.3 Å². The lowest BCUT2D eigenvalue weighted by Gasteiger charge is -2.37. The number of rotatable bonds is 6. The lowest BCUT2D eigenvalue weighted by atomic mass is 10.1. The number of hydrogen-bond donors (Lipinski definition) is 1. The van der Waals surface area contributed by atoms with Crippen LogP contribution in [0.1, 0.15) is 17.2 Å². The highest BCUT2D eigenvalue weighted by molar-refractivity contribution is 8.00. The molecule has 1 amide bonds. The Hall–Kier alpha value is -3.23. The van der Waals surface area contributed by atoms with Gasteiger partial charge >= 0.3 is 5.69 Å². The standard InChI is InChI=1S/C25H22N4O2S2/c30-23(17-33-25-27-26-24(31)28(25)15-18-9-3-1-4-10-18)29-20-13-7-8-14-22(20)32-16-21(29)19-11-5-2-6-12-19/h1-14,21H,15-17H2,(H,26,31). The largest absolute Gasteiger partial charge is 0.344 e. The maximum atomic E-state index is 13.6. The van der Waals surface area contributed by atoms with E-state index in [1.165, 1.54) is 11.8 Å². The number of aromatic nitrogens is 3. The number of anilines is 1. The molecule has 33 heavy (non-hydrogen) atoms. The molecular weight excluding hydrogens is 452 g/mol. The second-order valence-corrected chi connectivity index (χ2v) is 9.65. The number of thioether (sulfide) groups is 2. The number of amides is 1. The number of aromatic amines is 1. The van der Waals surface area contributed by atoms with Crippen molar-refractivity contribution in [2.75, 3.05) is 16.4 Å². The quantitative estimate of drug-likeness (QED) is 0.414. The van der Waals surface area contributed by atoms with Crippen molar-refractivity contribution in [1.29, 1.82) is 0 Å². The van der Waals surface area contributed by atoms with E-state index in [2.05, 4.69) is 28.4 Å². The number of nitrogens with zero attached hydrogens (tertiary/aromatic N) is 3. The van der Waals surface area contributed by atoms with Crippen molar-refractivity contribution >= 4 is 35.1 Å². The van der Waals surface area contributed by atoms with Gasteiger partial charge in [-0.3, -0.25) is 9.36 Å². The minimum absolute atomic E-state index is 0.0108. The van der Waals surface area contributed by atoms with Crippen LogP contribution in [0.4, 0.5) is 5.69 Å². The van der Waals surface area contributed by atoms with Crippen LogP contribution >= 0.6 is 23.5 Å². The second-order valence-electron chi connectivity index (χ2n) is 7.64. The average Bonchev–Trinajstić information content (AvgIpc) is 3.21. The number of benzene rings is 3. The minimum Gasteiger partial charge on any atom is -0.302 e. The van der Waals surface area contributed by atoms with Gasteiger partial charge in [-0.25, -0.2) is 9.89 Å². The molecule has 8 heteroatoms. The van der Waals surface area contributed by atoms with Crippen LogP contribution in [0.5, 0.6) is 0 Å². The monoisotopic (exact) mass is 474 g/mol. The van der Waals surface area contributed by atoms with Crippen molar-refractivity contribution in [3.05, 3.63) is 107 Å². The van der Waals surface area contributed by atoms with Gasteiger partial charge in [0, 0.05) is 10.6 Å². The molecule has 6 nitrogen and oxygen atoms in total. The van der Waals surface area contributed by atoms with Gasteiger partial charge in [0.1, 0.15) is 0 Å². The molecule has 1 aliphatic rings. The molecule has 0 saturated heterocycles. The third-order valence-electron chi connectivity index (χ3n) is 5.52. The molecule has 1 N–H and O–H groups in total. The lowest BCUT2D eigenvalue weighted by molar-refractivity contribution is -0.116. The molecule has 5 rings (SSSR count). The van der Waals surface area contributed by atoms with Gasteiger partial charge in [0.25, 0.3) is 0 Å². The van der Waals surface area contributed by atoms with E-state index in [1.807, 2.05) is 71.6 Å². The van der Waals surface area contributed by atoms with Gasteiger partial charge in [0.05, 0.1) is 24.0 Å². The summed E-state index contributed by atoms with van der Waals surface area (Å²) in [5.41, 5.74) is 2.76. The molecule has 0 fully saturated rings. The van der Waals surface area contributed by atoms with Crippen LogP contribution in [0.2, 0.25) is 0 Å². The number of hydrogen-bond acceptors (Lipinski definition) is 5. The van der Waals surface area contributed by atoms with Crippen LogP contribution in [-0.4, -0.2) is 32.2 Å². The molecule has 2 heterocycles. The van der Waals surface area contributed by atoms with Crippen molar-refractivity contribution in [3.63, 3.8) is 0 Å². The number of nitrogens with one attached hydrogen (secondary N) is 1. The summed E-state index contributed by atoms with van der Waals surface area (Å²) in [6, 6.07) is 27.8. The molecule has 0 aliphatic carbocycles. The zero-order chi connectivity index (χ0) is 22.6. The molecule has 1 aliphatic heterocycles. The van der Waals surface area contributed by atoms with Crippen LogP contribution in [-0.2, 0) is 11.3 Å². The first kappa shape index (κ1) is 21.6. The van der Waals surface area contributed by atoms with E-state index in [-0.39, 0.29) is 23.4 Å². The normalized spacial score (nSPS) is 15.3. The topological polar surface area (TPSA) is 71.0 Å². The minimum atomic E-state index is -0.282. The summed E-state index contributed by atoms with van der Waals surface area (Å²) in [6.45, 7) is 0.405. The molecule has 4 aromatic rings. The molecule has 1 aromatic heterocycles. The van der Waals surface area contributed by atoms with E-state index in [1.54, 1.807) is 16.3 Å². The number of fused-ring (bicyclic) bond motifs is 1. The smallest absolute Gasteiger partial charge is 0.302 e. The van der Waals surface area contributed by atoms with Crippen LogP contribution in [0.3, 0.4) is 0 Å². The zero-order valence-electron chi connectivity index (χ0n) is 17.8. The SMILES string of the molecule is O=C(CSc1n[nH]c(=O)n1Cc1ccccc1)N1c2ccccc2SCC1c1ccccc1. The number of carbonyl (C=O) groups excluding carboxylic acids is 1. The Labute approximate surface area is 200 Å². The van der Waals surface area contributed by atoms with E-state index in [4.69, 9.17) is 0 Å². The summed E-state index contributed by atoms with van der Waals surface area (Å²) in [5, 5.41) is 7.19. The Morgan fingerprint density at radius 2 is 1.70 bits per heavy atom. The Balaban J connectivity index is 1.39. The van der Waals surface area contributed by atoms with Gasteiger partial charge in [-0.2, -0.15) is 0 Å². The highest BCUT2D eigenvalue weighted by atomic mass is 32.2. The number of carbonyl (C=O) groups is 1. The molecule has 1 atom stereocenters. The Kier molecular flexibility index (Phi) is 6.37. The van der Waals surface area contributed by atoms with E-state index >= 15 is 0 Å². The van der Waals surface area contributed by atoms with Gasteiger partial charge in [0.2, 0.25) is 5.91 Å². The fourth-order valence-corrected chi connectivity index (χ4v) is 5.91. The number of para-hydroxylation sites is 1. The molecule has 0 bridgehead atoms. The van der Waals surface area contributed by atoms with Crippen LogP contribution in [0, 0.1) is 0 Å². The Morgan fingerprint density at radius 3 is 2.48 bits per heavy atom. The highest BCUT2D eigenvalue weighted by Gasteiger charge is 2.32. The molecule has 166 valence electrons. The molecule has 1 unspecified atom stereocenters. The van der Waals surface area contributed by atoms with Gasteiger partial charge < -0.3 is 4.90 Å². The van der Waals surface area contributed by atoms with Gasteiger partial charge in [-0.15, -0.1) is 16.9 Å². The van der Waals surface area contributed by atoms with Crippen molar-refractivity contribution in [3.8, 4) is 0 Å². The number of H-pyrrole nitrogens is 1. The fraction of sp³-hybridized carbons (Fsp3) is 0.160. The second kappa shape index (κ2) is 9.72. The predicted octanol–water partition coefficient (Wildman–Crippen LogP) is 4.59. The van der Waals surface area contributed by atoms with Crippen LogP contribution < -0.4 is 10.6 Å². The van der Waals surface area contributed by atoms with E-state index < -0.39 is 0 Å². The fourth-order valence-electron chi connectivity index (χ4n) is 3.93. The third-order valence-corrected chi connectivity index (χ3v) is 7.62. The first-order valence-electron chi connectivity index (χ1n) is 10.6. The van der Waals surface area contributed by atoms with Crippen LogP contribution in [0.25, 0.3) is 0 Å². The molecular formula is C25H22N4O2S2. The molecule has 0 spiro atoms. The van der Waals surface area contributed by atoms with Gasteiger partial charge in [-0.1, -0.05) is 84.6 Å². The van der Waals surface area contributed by atoms with Crippen molar-refractivity contribution in [1.82, 2.24) is 14.8 Å². The van der Waals surface area contributed by atoms with Crippen LogP contribution in [0.15, 0.2) is 99.8 Å². The maximum Gasteiger partial charge on any atom is 0.344 e. The zero-order valence-corrected chi connectivity index (χ0v) is 19.4. The predicted molar refractivity (Wildman–Crippen MR) is 133 cm³/mol. The van der Waals surface area contributed by atoms with Crippen molar-refractivity contribution in [2.45, 2.75) is 22.6 Å². The molecule has 0 saturated carbocycles. The van der Waals surface area contributed by atoms with E-state index in [0.717, 1.165) is 27.5 Å². The lowest BCUT2D eigenvalue weighted by Crippen LogP contribution is -2.39. The van der Waals surface area contributed by atoms with E-state index in [0.29, 0.717) is 11.7 Å². The highest BCUT2D eigenvalue weighted by Crippen LogP contribution is 2.43. The Bertz CT molecular complexity index is 1300. The summed E-state index contributed by atoms with van der Waals surface area (Å²) in [4.78, 5) is 28.9. The van der Waals surface area contributed by atoms with Crippen molar-refractivity contribution < 1.29 is 4.79 Å². The Morgan fingerprint density at radius 1 is 1.00 bits per heavy atom. The summed E-state index contributed by atoms with van der Waals surface area (Å²) in [7, 11) is 0. The van der Waals surface area contributed by atoms with E-state index in [9.17, 15) is 9.59 Å². The summed E-state index contributed by atoms with van der Waals surface area (Å²) >= 11 is 3.05. The summed E-state index contributed by atoms with van der Waals surface area (Å²) in [6.07, 6.45) is 0. The summed E-state index contributed by atoms with van der Waals surface area (Å²) < 4.78 is 1.57. The van der Waals surface area contributed by atoms with Crippen molar-refractivity contribution in [2.24, 2.45) is 0 Å².